The summed E-state index contributed by atoms with van der Waals surface area (Å²) in [5.74, 6) is 1.17. The second-order valence-corrected chi connectivity index (χ2v) is 8.89. The van der Waals surface area contributed by atoms with Crippen LogP contribution in [0.3, 0.4) is 0 Å². The molecule has 2 fully saturated rings. The molecule has 6 heteroatoms. The Balaban J connectivity index is 1.29. The molecule has 0 aromatic heterocycles. The Hall–Kier alpha value is -2.53. The van der Waals surface area contributed by atoms with Crippen molar-refractivity contribution in [1.82, 2.24) is 9.80 Å². The minimum atomic E-state index is 0.0211. The van der Waals surface area contributed by atoms with Crippen LogP contribution in [0, 0.1) is 5.92 Å². The Morgan fingerprint density at radius 1 is 0.871 bits per heavy atom. The summed E-state index contributed by atoms with van der Waals surface area (Å²) >= 11 is 6.03. The van der Waals surface area contributed by atoms with E-state index in [9.17, 15) is 9.59 Å². The normalized spacial score (nSPS) is 19.2. The number of carbonyl (C=O) groups excluding carboxylic acids is 2. The number of nitrogens with zero attached hydrogens (tertiary/aromatic N) is 2. The van der Waals surface area contributed by atoms with Crippen molar-refractivity contribution in [3.63, 3.8) is 0 Å². The smallest absolute Gasteiger partial charge is 0.253 e. The van der Waals surface area contributed by atoms with Gasteiger partial charge in [-0.3, -0.25) is 9.59 Å². The zero-order valence-corrected chi connectivity index (χ0v) is 18.5. The maximum absolute atomic E-state index is 12.8. The summed E-state index contributed by atoms with van der Waals surface area (Å²) in [6.45, 7) is 3.69. The van der Waals surface area contributed by atoms with Crippen LogP contribution in [0.1, 0.15) is 52.8 Å². The van der Waals surface area contributed by atoms with E-state index < -0.39 is 0 Å². The molecule has 2 aliphatic heterocycles. The summed E-state index contributed by atoms with van der Waals surface area (Å²) in [4.78, 5) is 29.2. The Morgan fingerprint density at radius 3 is 2.32 bits per heavy atom. The number of amides is 2. The van der Waals surface area contributed by atoms with E-state index in [0.717, 1.165) is 51.1 Å². The van der Waals surface area contributed by atoms with Crippen LogP contribution in [0.5, 0.6) is 5.75 Å². The number of likely N-dealkylation sites (tertiary alicyclic amines) is 2. The van der Waals surface area contributed by atoms with Crippen LogP contribution < -0.4 is 4.74 Å². The number of benzene rings is 2. The molecule has 0 aliphatic carbocycles. The van der Waals surface area contributed by atoms with Crippen molar-refractivity contribution in [3.05, 3.63) is 64.7 Å². The number of ether oxygens (including phenoxy) is 1. The van der Waals surface area contributed by atoms with Gasteiger partial charge in [0.25, 0.3) is 11.8 Å². The minimum Gasteiger partial charge on any atom is -0.493 e. The summed E-state index contributed by atoms with van der Waals surface area (Å²) < 4.78 is 5.99. The standard InChI is InChI=1S/C25H29ClN2O3/c26-22-8-4-7-21(16-22)25(30)28-15-5-6-19(17-28)18-31-23-11-9-20(10-12-23)24(29)27-13-2-1-3-14-27/h4,7-12,16,19H,1-3,5-6,13-15,17-18H2/t19-/m1/s1. The lowest BCUT2D eigenvalue weighted by molar-refractivity contribution is 0.0633. The van der Waals surface area contributed by atoms with Gasteiger partial charge in [-0.05, 0) is 74.6 Å². The first-order valence-electron chi connectivity index (χ1n) is 11.2. The van der Waals surface area contributed by atoms with E-state index in [1.54, 1.807) is 24.3 Å². The van der Waals surface area contributed by atoms with Gasteiger partial charge < -0.3 is 14.5 Å². The second-order valence-electron chi connectivity index (χ2n) is 8.46. The summed E-state index contributed by atoms with van der Waals surface area (Å²) in [6.07, 6.45) is 5.38. The van der Waals surface area contributed by atoms with Gasteiger partial charge in [-0.25, -0.2) is 0 Å². The van der Waals surface area contributed by atoms with E-state index in [4.69, 9.17) is 16.3 Å². The number of hydrogen-bond donors (Lipinski definition) is 0. The van der Waals surface area contributed by atoms with Gasteiger partial charge in [0.1, 0.15) is 5.75 Å². The van der Waals surface area contributed by atoms with Crippen molar-refractivity contribution in [2.75, 3.05) is 32.8 Å². The quantitative estimate of drug-likeness (QED) is 0.664. The predicted molar refractivity (Wildman–Crippen MR) is 122 cm³/mol. The third-order valence-corrected chi connectivity index (χ3v) is 6.34. The fourth-order valence-electron chi connectivity index (χ4n) is 4.38. The molecule has 2 saturated heterocycles. The predicted octanol–water partition coefficient (Wildman–Crippen LogP) is 4.90. The Kier molecular flexibility index (Phi) is 7.13. The first kappa shape index (κ1) is 21.7. The highest BCUT2D eigenvalue weighted by Crippen LogP contribution is 2.22. The van der Waals surface area contributed by atoms with Gasteiger partial charge in [0.05, 0.1) is 6.61 Å². The molecule has 2 amide bonds. The molecule has 0 bridgehead atoms. The molecular formula is C25H29ClN2O3. The van der Waals surface area contributed by atoms with Crippen molar-refractivity contribution >= 4 is 23.4 Å². The van der Waals surface area contributed by atoms with Crippen LogP contribution in [0.25, 0.3) is 0 Å². The molecule has 2 aromatic carbocycles. The molecule has 164 valence electrons. The Labute approximate surface area is 188 Å². The molecule has 0 radical (unpaired) electrons. The molecular weight excluding hydrogens is 412 g/mol. The maximum Gasteiger partial charge on any atom is 0.253 e. The third kappa shape index (κ3) is 5.59. The first-order valence-corrected chi connectivity index (χ1v) is 11.5. The van der Waals surface area contributed by atoms with Gasteiger partial charge in [0.15, 0.2) is 0 Å². The highest BCUT2D eigenvalue weighted by molar-refractivity contribution is 6.30. The van der Waals surface area contributed by atoms with Gasteiger partial charge in [0, 0.05) is 48.2 Å². The van der Waals surface area contributed by atoms with Crippen LogP contribution in [-0.4, -0.2) is 54.4 Å². The van der Waals surface area contributed by atoms with Crippen molar-refractivity contribution in [3.8, 4) is 5.75 Å². The van der Waals surface area contributed by atoms with E-state index in [2.05, 4.69) is 0 Å². The van der Waals surface area contributed by atoms with Crippen LogP contribution in [-0.2, 0) is 0 Å². The summed E-state index contributed by atoms with van der Waals surface area (Å²) in [7, 11) is 0. The fraction of sp³-hybridized carbons (Fsp3) is 0.440. The average Bonchev–Trinajstić information content (AvgIpc) is 2.83. The fourth-order valence-corrected chi connectivity index (χ4v) is 4.57. The Morgan fingerprint density at radius 2 is 1.58 bits per heavy atom. The van der Waals surface area contributed by atoms with Crippen molar-refractivity contribution in [2.45, 2.75) is 32.1 Å². The summed E-state index contributed by atoms with van der Waals surface area (Å²) in [6, 6.07) is 14.5. The van der Waals surface area contributed by atoms with Crippen LogP contribution >= 0.6 is 11.6 Å². The molecule has 2 heterocycles. The van der Waals surface area contributed by atoms with E-state index in [1.165, 1.54) is 6.42 Å². The van der Waals surface area contributed by atoms with E-state index in [0.29, 0.717) is 29.3 Å². The molecule has 1 atom stereocenters. The molecule has 0 N–H and O–H groups in total. The van der Waals surface area contributed by atoms with E-state index >= 15 is 0 Å². The van der Waals surface area contributed by atoms with Crippen LogP contribution in [0.2, 0.25) is 5.02 Å². The van der Waals surface area contributed by atoms with Gasteiger partial charge in [0.2, 0.25) is 0 Å². The number of hydrogen-bond acceptors (Lipinski definition) is 3. The molecule has 2 aliphatic rings. The highest BCUT2D eigenvalue weighted by atomic mass is 35.5. The van der Waals surface area contributed by atoms with Gasteiger partial charge in [-0.2, -0.15) is 0 Å². The maximum atomic E-state index is 12.8. The molecule has 5 nitrogen and oxygen atoms in total. The lowest BCUT2D eigenvalue weighted by Crippen LogP contribution is -2.41. The zero-order valence-electron chi connectivity index (χ0n) is 17.8. The summed E-state index contributed by atoms with van der Waals surface area (Å²) in [5.41, 5.74) is 1.34. The Bertz CT molecular complexity index is 909. The lowest BCUT2D eigenvalue weighted by atomic mass is 9.98. The summed E-state index contributed by atoms with van der Waals surface area (Å²) in [5, 5.41) is 0.574. The van der Waals surface area contributed by atoms with E-state index in [1.807, 2.05) is 34.1 Å². The zero-order chi connectivity index (χ0) is 21.6. The van der Waals surface area contributed by atoms with Crippen LogP contribution in [0.4, 0.5) is 0 Å². The van der Waals surface area contributed by atoms with Crippen molar-refractivity contribution < 1.29 is 14.3 Å². The van der Waals surface area contributed by atoms with Gasteiger partial charge in [-0.15, -0.1) is 0 Å². The van der Waals surface area contributed by atoms with Gasteiger partial charge >= 0.3 is 0 Å². The first-order chi connectivity index (χ1) is 15.1. The van der Waals surface area contributed by atoms with Crippen LogP contribution in [0.15, 0.2) is 48.5 Å². The molecule has 0 saturated carbocycles. The highest BCUT2D eigenvalue weighted by Gasteiger charge is 2.25. The van der Waals surface area contributed by atoms with Crippen molar-refractivity contribution in [1.29, 1.82) is 0 Å². The van der Waals surface area contributed by atoms with Crippen molar-refractivity contribution in [2.24, 2.45) is 5.92 Å². The number of piperidine rings is 2. The lowest BCUT2D eigenvalue weighted by Gasteiger charge is -2.32. The molecule has 4 rings (SSSR count). The number of halogens is 1. The molecule has 2 aromatic rings. The second kappa shape index (κ2) is 10.2. The number of carbonyl (C=O) groups is 2. The largest absolute Gasteiger partial charge is 0.493 e. The molecule has 0 spiro atoms. The molecule has 0 unspecified atom stereocenters. The SMILES string of the molecule is O=C(c1ccc(OC[C@@H]2CCCN(C(=O)c3cccc(Cl)c3)C2)cc1)N1CCCCC1. The number of rotatable bonds is 5. The third-order valence-electron chi connectivity index (χ3n) is 6.11. The van der Waals surface area contributed by atoms with E-state index in [-0.39, 0.29) is 17.7 Å². The monoisotopic (exact) mass is 440 g/mol. The molecule has 31 heavy (non-hydrogen) atoms. The minimum absolute atomic E-state index is 0.0211. The average molecular weight is 441 g/mol. The topological polar surface area (TPSA) is 49.9 Å². The van der Waals surface area contributed by atoms with Gasteiger partial charge in [-0.1, -0.05) is 17.7 Å².